The van der Waals surface area contributed by atoms with Crippen LogP contribution in [0.4, 0.5) is 0 Å². The van der Waals surface area contributed by atoms with Crippen molar-refractivity contribution in [2.24, 2.45) is 11.3 Å². The van der Waals surface area contributed by atoms with Gasteiger partial charge >= 0.3 is 0 Å². The maximum Gasteiger partial charge on any atom is 0.0794 e. The second kappa shape index (κ2) is 6.16. The Hall–Kier alpha value is -0.410. The number of hydrogen-bond donors (Lipinski definition) is 1. The first-order valence-corrected chi connectivity index (χ1v) is 8.12. The van der Waals surface area contributed by atoms with Gasteiger partial charge in [0.2, 0.25) is 0 Å². The minimum atomic E-state index is 0.429. The third kappa shape index (κ3) is 3.79. The number of aromatic nitrogens is 1. The number of rotatable bonds is 4. The molecule has 3 heteroatoms. The van der Waals surface area contributed by atoms with Crippen molar-refractivity contribution in [3.8, 4) is 0 Å². The summed E-state index contributed by atoms with van der Waals surface area (Å²) in [7, 11) is 0. The fraction of sp³-hybridized carbons (Fsp3) is 0.800. The van der Waals surface area contributed by atoms with E-state index >= 15 is 0 Å². The maximum atomic E-state index is 4.35. The molecular weight excluding hydrogens is 240 g/mol. The van der Waals surface area contributed by atoms with Gasteiger partial charge in [-0.25, -0.2) is 4.98 Å². The lowest BCUT2D eigenvalue weighted by atomic mass is 9.69. The second-order valence-electron chi connectivity index (χ2n) is 6.55. The molecule has 2 nitrogen and oxygen atoms in total. The third-order valence-corrected chi connectivity index (χ3v) is 4.78. The zero-order chi connectivity index (χ0) is 13.0. The summed E-state index contributed by atoms with van der Waals surface area (Å²) in [5.74, 6) is 0.821. The van der Waals surface area contributed by atoms with Crippen molar-refractivity contribution in [3.63, 3.8) is 0 Å². The molecule has 0 spiro atoms. The Morgan fingerprint density at radius 3 is 2.78 bits per heavy atom. The molecule has 1 saturated carbocycles. The summed E-state index contributed by atoms with van der Waals surface area (Å²) in [6.45, 7) is 8.23. The van der Waals surface area contributed by atoms with E-state index in [2.05, 4.69) is 36.5 Å². The van der Waals surface area contributed by atoms with E-state index in [1.807, 2.05) is 5.51 Å². The van der Waals surface area contributed by atoms with Gasteiger partial charge in [-0.3, -0.25) is 0 Å². The van der Waals surface area contributed by atoms with Gasteiger partial charge in [0, 0.05) is 24.4 Å². The maximum absolute atomic E-state index is 4.35. The van der Waals surface area contributed by atoms with E-state index in [1.165, 1.54) is 31.4 Å². The van der Waals surface area contributed by atoms with E-state index in [0.29, 0.717) is 11.5 Å². The molecule has 0 radical (unpaired) electrons. The Balaban J connectivity index is 1.82. The van der Waals surface area contributed by atoms with Crippen LogP contribution in [0.5, 0.6) is 0 Å². The quantitative estimate of drug-likeness (QED) is 0.894. The van der Waals surface area contributed by atoms with Crippen LogP contribution in [0.1, 0.15) is 52.1 Å². The van der Waals surface area contributed by atoms with Crippen LogP contribution in [-0.2, 0) is 6.42 Å². The molecule has 0 aliphatic heterocycles. The van der Waals surface area contributed by atoms with Crippen molar-refractivity contribution in [1.29, 1.82) is 0 Å². The van der Waals surface area contributed by atoms with Gasteiger partial charge in [0.15, 0.2) is 0 Å². The topological polar surface area (TPSA) is 24.9 Å². The monoisotopic (exact) mass is 266 g/mol. The number of thiazole rings is 1. The van der Waals surface area contributed by atoms with Gasteiger partial charge in [-0.1, -0.05) is 33.6 Å². The summed E-state index contributed by atoms with van der Waals surface area (Å²) in [5.41, 5.74) is 3.59. The minimum Gasteiger partial charge on any atom is -0.313 e. The molecule has 2 atom stereocenters. The van der Waals surface area contributed by atoms with Gasteiger partial charge in [-0.05, 0) is 24.2 Å². The van der Waals surface area contributed by atoms with Crippen molar-refractivity contribution in [3.05, 3.63) is 16.6 Å². The van der Waals surface area contributed by atoms with E-state index in [0.717, 1.165) is 18.9 Å². The molecule has 0 bridgehead atoms. The van der Waals surface area contributed by atoms with E-state index in [4.69, 9.17) is 0 Å². The zero-order valence-electron chi connectivity index (χ0n) is 11.9. The highest BCUT2D eigenvalue weighted by molar-refractivity contribution is 7.07. The first kappa shape index (κ1) is 14.0. The molecule has 0 aromatic carbocycles. The highest BCUT2D eigenvalue weighted by atomic mass is 32.1. The molecule has 102 valence electrons. The SMILES string of the molecule is CC(C)(C)C1CCCCC1NCCc1cscn1. The van der Waals surface area contributed by atoms with Gasteiger partial charge in [0.1, 0.15) is 0 Å². The van der Waals surface area contributed by atoms with Crippen LogP contribution in [0.15, 0.2) is 10.9 Å². The molecule has 1 N–H and O–H groups in total. The molecule has 1 fully saturated rings. The molecule has 2 rings (SSSR count). The Morgan fingerprint density at radius 1 is 1.33 bits per heavy atom. The van der Waals surface area contributed by atoms with E-state index in [-0.39, 0.29) is 0 Å². The second-order valence-corrected chi connectivity index (χ2v) is 7.27. The van der Waals surface area contributed by atoms with Crippen molar-refractivity contribution >= 4 is 11.3 Å². The zero-order valence-corrected chi connectivity index (χ0v) is 12.7. The Bertz CT molecular complexity index is 340. The third-order valence-electron chi connectivity index (χ3n) is 4.15. The minimum absolute atomic E-state index is 0.429. The van der Waals surface area contributed by atoms with Crippen molar-refractivity contribution in [2.75, 3.05) is 6.54 Å². The lowest BCUT2D eigenvalue weighted by Crippen LogP contribution is -2.44. The Labute approximate surface area is 115 Å². The van der Waals surface area contributed by atoms with Gasteiger partial charge in [0.25, 0.3) is 0 Å². The largest absolute Gasteiger partial charge is 0.313 e. The van der Waals surface area contributed by atoms with Gasteiger partial charge < -0.3 is 5.32 Å². The molecule has 18 heavy (non-hydrogen) atoms. The van der Waals surface area contributed by atoms with Crippen LogP contribution in [0.3, 0.4) is 0 Å². The first-order valence-electron chi connectivity index (χ1n) is 7.18. The molecule has 2 unspecified atom stereocenters. The first-order chi connectivity index (χ1) is 8.57. The van der Waals surface area contributed by atoms with Crippen LogP contribution in [0.25, 0.3) is 0 Å². The average molecular weight is 266 g/mol. The van der Waals surface area contributed by atoms with Crippen molar-refractivity contribution < 1.29 is 0 Å². The summed E-state index contributed by atoms with van der Waals surface area (Å²) in [4.78, 5) is 4.35. The summed E-state index contributed by atoms with van der Waals surface area (Å²) >= 11 is 1.69. The van der Waals surface area contributed by atoms with Gasteiger partial charge in [-0.2, -0.15) is 0 Å². The molecule has 0 amide bonds. The average Bonchev–Trinajstić information content (AvgIpc) is 2.81. The predicted octanol–water partition coefficient (Wildman–Crippen LogP) is 3.88. The normalized spacial score (nSPS) is 25.3. The number of nitrogens with one attached hydrogen (secondary N) is 1. The van der Waals surface area contributed by atoms with Gasteiger partial charge in [-0.15, -0.1) is 11.3 Å². The Kier molecular flexibility index (Phi) is 4.79. The standard InChI is InChI=1S/C15H26N2S/c1-15(2,3)13-6-4-5-7-14(13)16-9-8-12-10-18-11-17-12/h10-11,13-14,16H,4-9H2,1-3H3. The van der Waals surface area contributed by atoms with E-state index in [9.17, 15) is 0 Å². The smallest absolute Gasteiger partial charge is 0.0794 e. The van der Waals surface area contributed by atoms with Crippen LogP contribution < -0.4 is 5.32 Å². The van der Waals surface area contributed by atoms with E-state index in [1.54, 1.807) is 11.3 Å². The molecule has 1 aromatic rings. The summed E-state index contributed by atoms with van der Waals surface area (Å²) in [6.07, 6.45) is 6.60. The summed E-state index contributed by atoms with van der Waals surface area (Å²) in [5, 5.41) is 5.94. The van der Waals surface area contributed by atoms with Crippen molar-refractivity contribution in [2.45, 2.75) is 58.9 Å². The lowest BCUT2D eigenvalue weighted by molar-refractivity contribution is 0.131. The highest BCUT2D eigenvalue weighted by Crippen LogP contribution is 2.37. The Morgan fingerprint density at radius 2 is 2.11 bits per heavy atom. The predicted molar refractivity (Wildman–Crippen MR) is 79.0 cm³/mol. The fourth-order valence-electron chi connectivity index (χ4n) is 3.16. The lowest BCUT2D eigenvalue weighted by Gasteiger charge is -2.41. The molecule has 1 aliphatic rings. The highest BCUT2D eigenvalue weighted by Gasteiger charge is 2.33. The van der Waals surface area contributed by atoms with E-state index < -0.39 is 0 Å². The summed E-state index contributed by atoms with van der Waals surface area (Å²) in [6, 6.07) is 0.706. The van der Waals surface area contributed by atoms with Crippen LogP contribution in [-0.4, -0.2) is 17.6 Å². The number of hydrogen-bond acceptors (Lipinski definition) is 3. The molecular formula is C15H26N2S. The molecule has 0 saturated heterocycles. The van der Waals surface area contributed by atoms with Gasteiger partial charge in [0.05, 0.1) is 11.2 Å². The van der Waals surface area contributed by atoms with Crippen LogP contribution in [0.2, 0.25) is 0 Å². The number of nitrogens with zero attached hydrogens (tertiary/aromatic N) is 1. The molecule has 1 aromatic heterocycles. The molecule has 1 aliphatic carbocycles. The summed E-state index contributed by atoms with van der Waals surface area (Å²) < 4.78 is 0. The molecule has 1 heterocycles. The fourth-order valence-corrected chi connectivity index (χ4v) is 3.75. The van der Waals surface area contributed by atoms with Crippen LogP contribution in [0, 0.1) is 11.3 Å². The van der Waals surface area contributed by atoms with Crippen molar-refractivity contribution in [1.82, 2.24) is 10.3 Å². The van der Waals surface area contributed by atoms with Crippen LogP contribution >= 0.6 is 11.3 Å².